The number of anilines is 1. The molecular weight excluding hydrogens is 356 g/mol. The summed E-state index contributed by atoms with van der Waals surface area (Å²) < 4.78 is 12.4. The van der Waals surface area contributed by atoms with Gasteiger partial charge in [0.15, 0.2) is 0 Å². The number of hydrogen-bond donors (Lipinski definition) is 0. The van der Waals surface area contributed by atoms with Crippen LogP contribution in [0.15, 0.2) is 63.8 Å². The van der Waals surface area contributed by atoms with Gasteiger partial charge in [-0.3, -0.25) is 4.79 Å². The smallest absolute Gasteiger partial charge is 0.345 e. The van der Waals surface area contributed by atoms with Gasteiger partial charge in [0.1, 0.15) is 17.0 Å². The Labute approximate surface area is 161 Å². The summed E-state index contributed by atoms with van der Waals surface area (Å²) in [5, 5.41) is 1.20. The van der Waals surface area contributed by atoms with Gasteiger partial charge in [0.25, 0.3) is 5.91 Å². The summed E-state index contributed by atoms with van der Waals surface area (Å²) in [5.41, 5.74) is 1.94. The zero-order valence-corrected chi connectivity index (χ0v) is 15.9. The van der Waals surface area contributed by atoms with Crippen LogP contribution < -0.4 is 15.3 Å². The Morgan fingerprint density at radius 3 is 2.50 bits per heavy atom. The van der Waals surface area contributed by atoms with E-state index >= 15 is 0 Å². The Morgan fingerprint density at radius 2 is 1.82 bits per heavy atom. The van der Waals surface area contributed by atoms with Gasteiger partial charge in [-0.15, -0.1) is 0 Å². The van der Waals surface area contributed by atoms with E-state index in [1.54, 1.807) is 35.8 Å². The highest BCUT2D eigenvalue weighted by molar-refractivity contribution is 6.11. The number of benzene rings is 2. The number of para-hydroxylation sites is 1. The number of methoxy groups -OCH3 is 1. The first kappa shape index (κ1) is 17.9. The number of carbonyl (C=O) groups is 1. The zero-order valence-electron chi connectivity index (χ0n) is 15.9. The van der Waals surface area contributed by atoms with Crippen LogP contribution >= 0.6 is 0 Å². The molecular formula is C22H20N2O4. The van der Waals surface area contributed by atoms with Gasteiger partial charge in [-0.2, -0.15) is 0 Å². The van der Waals surface area contributed by atoms with E-state index in [0.29, 0.717) is 28.7 Å². The van der Waals surface area contributed by atoms with Crippen molar-refractivity contribution in [2.75, 3.05) is 18.6 Å². The maximum Gasteiger partial charge on any atom is 0.345 e. The normalized spacial score (nSPS) is 11.1. The molecule has 0 unspecified atom stereocenters. The molecule has 0 spiro atoms. The Hall–Kier alpha value is -3.54. The van der Waals surface area contributed by atoms with Gasteiger partial charge in [-0.05, 0) is 49.4 Å². The summed E-state index contributed by atoms with van der Waals surface area (Å²) in [7, 11) is 3.40. The molecule has 0 N–H and O–H groups in total. The lowest BCUT2D eigenvalue weighted by atomic mass is 10.2. The van der Waals surface area contributed by atoms with Crippen LogP contribution in [0.5, 0.6) is 5.75 Å². The van der Waals surface area contributed by atoms with Crippen molar-refractivity contribution in [3.05, 3.63) is 70.7 Å². The third-order valence-corrected chi connectivity index (χ3v) is 4.96. The fourth-order valence-electron chi connectivity index (χ4n) is 3.54. The van der Waals surface area contributed by atoms with E-state index in [1.807, 2.05) is 49.4 Å². The van der Waals surface area contributed by atoms with E-state index < -0.39 is 5.63 Å². The first-order valence-corrected chi connectivity index (χ1v) is 9.02. The Bertz CT molecular complexity index is 1240. The average Bonchev–Trinajstić information content (AvgIpc) is 3.07. The molecule has 142 valence electrons. The molecule has 0 saturated heterocycles. The van der Waals surface area contributed by atoms with Crippen molar-refractivity contribution >= 4 is 33.5 Å². The molecule has 0 aliphatic carbocycles. The van der Waals surface area contributed by atoms with E-state index in [9.17, 15) is 9.59 Å². The number of ether oxygens (including phenoxy) is 1. The first-order chi connectivity index (χ1) is 13.5. The number of carbonyl (C=O) groups excluding carboxylic acids is 1. The van der Waals surface area contributed by atoms with E-state index in [1.165, 1.54) is 0 Å². The Kier molecular flexibility index (Phi) is 4.39. The van der Waals surface area contributed by atoms with Crippen molar-refractivity contribution in [3.63, 3.8) is 0 Å². The van der Waals surface area contributed by atoms with Crippen LogP contribution in [-0.2, 0) is 7.05 Å². The quantitative estimate of drug-likeness (QED) is 0.506. The molecule has 0 aliphatic heterocycles. The maximum absolute atomic E-state index is 13.3. The largest absolute Gasteiger partial charge is 0.497 e. The van der Waals surface area contributed by atoms with Crippen molar-refractivity contribution < 1.29 is 13.9 Å². The molecule has 28 heavy (non-hydrogen) atoms. The number of rotatable bonds is 4. The molecule has 2 heterocycles. The molecule has 0 atom stereocenters. The molecule has 6 heteroatoms. The molecule has 0 bridgehead atoms. The summed E-state index contributed by atoms with van der Waals surface area (Å²) in [4.78, 5) is 27.4. The van der Waals surface area contributed by atoms with Crippen LogP contribution in [-0.4, -0.2) is 24.1 Å². The van der Waals surface area contributed by atoms with Crippen molar-refractivity contribution in [2.45, 2.75) is 6.92 Å². The summed E-state index contributed by atoms with van der Waals surface area (Å²) in [6, 6.07) is 16.3. The van der Waals surface area contributed by atoms with Crippen LogP contribution in [0, 0.1) is 0 Å². The fourth-order valence-corrected chi connectivity index (χ4v) is 3.54. The molecule has 4 rings (SSSR count). The van der Waals surface area contributed by atoms with Gasteiger partial charge in [-0.25, -0.2) is 4.79 Å². The third-order valence-electron chi connectivity index (χ3n) is 4.96. The predicted octanol–water partition coefficient (Wildman–Crippen LogP) is 3.96. The highest BCUT2D eigenvalue weighted by Gasteiger charge is 2.23. The highest BCUT2D eigenvalue weighted by atomic mass is 16.5. The second-order valence-electron chi connectivity index (χ2n) is 6.48. The lowest BCUT2D eigenvalue weighted by Gasteiger charge is -2.21. The highest BCUT2D eigenvalue weighted by Crippen LogP contribution is 2.27. The topological polar surface area (TPSA) is 64.7 Å². The van der Waals surface area contributed by atoms with Crippen molar-refractivity contribution in [2.24, 2.45) is 7.05 Å². The fraction of sp³-hybridized carbons (Fsp3) is 0.182. The Balaban J connectivity index is 1.86. The van der Waals surface area contributed by atoms with Crippen LogP contribution in [0.3, 0.4) is 0 Å². The van der Waals surface area contributed by atoms with Gasteiger partial charge in [-0.1, -0.05) is 12.1 Å². The van der Waals surface area contributed by atoms with E-state index in [2.05, 4.69) is 0 Å². The first-order valence-electron chi connectivity index (χ1n) is 9.02. The zero-order chi connectivity index (χ0) is 19.8. The van der Waals surface area contributed by atoms with Crippen LogP contribution in [0.25, 0.3) is 21.9 Å². The van der Waals surface area contributed by atoms with Crippen molar-refractivity contribution in [3.8, 4) is 5.75 Å². The summed E-state index contributed by atoms with van der Waals surface area (Å²) in [6.45, 7) is 2.40. The Morgan fingerprint density at radius 1 is 1.11 bits per heavy atom. The van der Waals surface area contributed by atoms with Crippen molar-refractivity contribution in [1.29, 1.82) is 0 Å². The van der Waals surface area contributed by atoms with Crippen LogP contribution in [0.1, 0.15) is 17.4 Å². The number of aryl methyl sites for hydroxylation is 1. The monoisotopic (exact) mass is 376 g/mol. The number of nitrogens with zero attached hydrogens (tertiary/aromatic N) is 2. The lowest BCUT2D eigenvalue weighted by Crippen LogP contribution is -2.31. The standard InChI is InChI=1S/C22H20N2O4/c1-4-24(14-9-11-15(27-3)12-10-14)21(25)18-13-17-20(23(18)2)16-7-5-6-8-19(16)28-22(17)26/h5-13H,4H2,1-3H3. The lowest BCUT2D eigenvalue weighted by molar-refractivity contribution is 0.0981. The van der Waals surface area contributed by atoms with Crippen molar-refractivity contribution in [1.82, 2.24) is 4.57 Å². The van der Waals surface area contributed by atoms with E-state index in [4.69, 9.17) is 9.15 Å². The van der Waals surface area contributed by atoms with Gasteiger partial charge >= 0.3 is 5.63 Å². The van der Waals surface area contributed by atoms with Gasteiger partial charge in [0.05, 0.1) is 18.0 Å². The minimum atomic E-state index is -0.448. The van der Waals surface area contributed by atoms with Gasteiger partial charge in [0.2, 0.25) is 0 Å². The molecule has 4 aromatic rings. The second kappa shape index (κ2) is 6.88. The van der Waals surface area contributed by atoms with Crippen LogP contribution in [0.2, 0.25) is 0 Å². The number of hydrogen-bond acceptors (Lipinski definition) is 4. The molecule has 2 aromatic carbocycles. The molecule has 0 aliphatic rings. The minimum absolute atomic E-state index is 0.185. The number of amides is 1. The molecule has 0 saturated carbocycles. The number of fused-ring (bicyclic) bond motifs is 3. The minimum Gasteiger partial charge on any atom is -0.497 e. The molecule has 0 radical (unpaired) electrons. The third kappa shape index (κ3) is 2.74. The van der Waals surface area contributed by atoms with Gasteiger partial charge in [0, 0.05) is 24.7 Å². The molecule has 2 aromatic heterocycles. The second-order valence-corrected chi connectivity index (χ2v) is 6.48. The maximum atomic E-state index is 13.3. The molecule has 0 fully saturated rings. The molecule has 6 nitrogen and oxygen atoms in total. The van der Waals surface area contributed by atoms with E-state index in [0.717, 1.165) is 16.8 Å². The van der Waals surface area contributed by atoms with Gasteiger partial charge < -0.3 is 18.6 Å². The molecule has 1 amide bonds. The predicted molar refractivity (Wildman–Crippen MR) is 109 cm³/mol. The summed E-state index contributed by atoms with van der Waals surface area (Å²) >= 11 is 0. The van der Waals surface area contributed by atoms with Crippen LogP contribution in [0.4, 0.5) is 5.69 Å². The number of aromatic nitrogens is 1. The average molecular weight is 376 g/mol. The summed E-state index contributed by atoms with van der Waals surface area (Å²) in [5.74, 6) is 0.538. The SMILES string of the molecule is CCN(C(=O)c1cc2c(=O)oc3ccccc3c2n1C)c1ccc(OC)cc1. The van der Waals surface area contributed by atoms with E-state index in [-0.39, 0.29) is 5.91 Å². The summed E-state index contributed by atoms with van der Waals surface area (Å²) in [6.07, 6.45) is 0.